The minimum absolute atomic E-state index is 0.00224. The van der Waals surface area contributed by atoms with Crippen LogP contribution in [0.2, 0.25) is 20.1 Å². The van der Waals surface area contributed by atoms with E-state index in [1.807, 2.05) is 123 Å². The van der Waals surface area contributed by atoms with E-state index in [1.54, 1.807) is 40.6 Å². The van der Waals surface area contributed by atoms with Crippen LogP contribution in [0.3, 0.4) is 0 Å². The molecule has 5 aromatic rings. The molecule has 0 radical (unpaired) electrons. The third-order valence-electron chi connectivity index (χ3n) is 9.63. The average Bonchev–Trinajstić information content (AvgIpc) is 3.50. The van der Waals surface area contributed by atoms with Gasteiger partial charge in [-0.15, -0.1) is 0 Å². The van der Waals surface area contributed by atoms with Crippen molar-refractivity contribution in [1.82, 2.24) is 0 Å². The first-order chi connectivity index (χ1) is 26.8. The minimum atomic E-state index is -1.76. The second-order valence-corrected chi connectivity index (χ2v) is 14.8. The largest absolute Gasteiger partial charge is 0.497 e. The van der Waals surface area contributed by atoms with E-state index in [-0.39, 0.29) is 31.2 Å². The Labute approximate surface area is 347 Å². The Hall–Kier alpha value is -4.99. The Bertz CT molecular complexity index is 2230. The Balaban J connectivity index is 1.80. The molecule has 5 aromatic carbocycles. The molecule has 1 heterocycles. The van der Waals surface area contributed by atoms with Crippen LogP contribution in [0.15, 0.2) is 97.1 Å². The Morgan fingerprint density at radius 1 is 0.571 bits per heavy atom. The van der Waals surface area contributed by atoms with Gasteiger partial charge in [-0.05, 0) is 83.0 Å². The van der Waals surface area contributed by atoms with E-state index in [0.717, 1.165) is 22.5 Å². The van der Waals surface area contributed by atoms with Crippen LogP contribution >= 0.6 is 46.4 Å². The molecule has 1 aliphatic rings. The van der Waals surface area contributed by atoms with Gasteiger partial charge in [-0.1, -0.05) is 70.7 Å². The number of esters is 1. The topological polar surface area (TPSA) is 69.7 Å². The lowest BCUT2D eigenvalue weighted by Gasteiger charge is -2.28. The summed E-state index contributed by atoms with van der Waals surface area (Å²) in [4.78, 5) is 18.3. The number of rotatable bonds is 12. The summed E-state index contributed by atoms with van der Waals surface area (Å²) in [5, 5.41) is -0.171. The van der Waals surface area contributed by atoms with Crippen molar-refractivity contribution in [2.45, 2.75) is 5.60 Å². The van der Waals surface area contributed by atoms with Gasteiger partial charge in [-0.2, -0.15) is 0 Å². The molecule has 0 saturated carbocycles. The number of hydrogen-bond donors (Lipinski definition) is 0. The Kier molecular flexibility index (Phi) is 12.1. The summed E-state index contributed by atoms with van der Waals surface area (Å²) in [6, 6.07) is 26.9. The van der Waals surface area contributed by atoms with Gasteiger partial charge in [0.15, 0.2) is 5.60 Å². The van der Waals surface area contributed by atoms with Crippen LogP contribution in [0.1, 0.15) is 38.2 Å². The van der Waals surface area contributed by atoms with Gasteiger partial charge in [-0.3, -0.25) is 0 Å². The predicted molar refractivity (Wildman–Crippen MR) is 228 cm³/mol. The fourth-order valence-corrected chi connectivity index (χ4v) is 7.75. The van der Waals surface area contributed by atoms with Gasteiger partial charge in [0.05, 0.1) is 54.1 Å². The number of ether oxygens (including phenoxy) is 5. The fraction of sp³-hybridized carbons (Fsp3) is 0.205. The number of carbonyl (C=O) groups excluding carboxylic acids is 1. The lowest BCUT2D eigenvalue weighted by Crippen LogP contribution is -2.23. The molecule has 290 valence electrons. The maximum atomic E-state index is 14.3. The second kappa shape index (κ2) is 16.6. The van der Waals surface area contributed by atoms with Crippen LogP contribution < -0.4 is 28.7 Å². The van der Waals surface area contributed by atoms with Gasteiger partial charge in [0, 0.05) is 68.4 Å². The zero-order chi connectivity index (χ0) is 40.5. The van der Waals surface area contributed by atoms with Gasteiger partial charge in [0.2, 0.25) is 0 Å². The molecule has 8 nitrogen and oxygen atoms in total. The van der Waals surface area contributed by atoms with Crippen molar-refractivity contribution in [2.24, 2.45) is 0 Å². The zero-order valence-corrected chi connectivity index (χ0v) is 35.1. The molecular formula is C44H40Cl4N2O6. The molecule has 1 aliphatic heterocycles. The molecule has 0 N–H and O–H groups in total. The van der Waals surface area contributed by atoms with E-state index in [2.05, 4.69) is 0 Å². The number of anilines is 2. The SMILES string of the molecule is COc1ccc(/C(=C\C2(/C=C(/c3ccc(N(C)C)cc3)c3ccc(OC)cc3OC)OC(=O)c3c(Cl)c(Cl)c(Cl)c(Cl)c32)c2ccc(N(C)C)cc2)c(OC)c1. The fourth-order valence-electron chi connectivity index (χ4n) is 6.67. The van der Waals surface area contributed by atoms with E-state index in [4.69, 9.17) is 70.1 Å². The molecule has 0 aliphatic carbocycles. The standard InChI is InChI=1S/C44H40Cl4N2O6/c1-49(2)27-13-9-25(10-14-27)33(31-19-17-29(52-5)21-35(31)54-7)23-44(38-37(43(51)56-44)39(45)41(47)42(48)40(38)46)24-34(26-11-15-28(16-12-26)50(3)4)32-20-18-30(53-6)22-36(32)55-8/h9-24H,1-8H3/b33-23-,34-24-. The Morgan fingerprint density at radius 3 is 1.36 bits per heavy atom. The van der Waals surface area contributed by atoms with E-state index >= 15 is 0 Å². The van der Waals surface area contributed by atoms with Crippen LogP contribution in [0.4, 0.5) is 11.4 Å². The summed E-state index contributed by atoms with van der Waals surface area (Å²) in [5.74, 6) is 1.44. The highest BCUT2D eigenvalue weighted by molar-refractivity contribution is 6.53. The van der Waals surface area contributed by atoms with Crippen LogP contribution in [0.5, 0.6) is 23.0 Å². The number of carbonyl (C=O) groups is 1. The van der Waals surface area contributed by atoms with Crippen LogP contribution in [-0.4, -0.2) is 62.6 Å². The maximum absolute atomic E-state index is 14.3. The zero-order valence-electron chi connectivity index (χ0n) is 32.1. The van der Waals surface area contributed by atoms with Gasteiger partial charge in [0.1, 0.15) is 23.0 Å². The highest BCUT2D eigenvalue weighted by Crippen LogP contribution is 2.54. The number of fused-ring (bicyclic) bond motifs is 1. The molecule has 0 aromatic heterocycles. The van der Waals surface area contributed by atoms with Gasteiger partial charge in [0.25, 0.3) is 0 Å². The summed E-state index contributed by atoms with van der Waals surface area (Å²) >= 11 is 27.4. The van der Waals surface area contributed by atoms with Crippen molar-refractivity contribution in [3.63, 3.8) is 0 Å². The Morgan fingerprint density at radius 2 is 0.982 bits per heavy atom. The van der Waals surface area contributed by atoms with Gasteiger partial charge >= 0.3 is 5.97 Å². The number of cyclic esters (lactones) is 1. The molecule has 0 fully saturated rings. The molecule has 0 spiro atoms. The third kappa shape index (κ3) is 7.59. The van der Waals surface area contributed by atoms with Crippen LogP contribution in [0.25, 0.3) is 11.1 Å². The van der Waals surface area contributed by atoms with Crippen molar-refractivity contribution in [1.29, 1.82) is 0 Å². The summed E-state index contributed by atoms with van der Waals surface area (Å²) in [6.07, 6.45) is 3.67. The van der Waals surface area contributed by atoms with Gasteiger partial charge < -0.3 is 33.5 Å². The highest BCUT2D eigenvalue weighted by atomic mass is 35.5. The van der Waals surface area contributed by atoms with E-state index in [9.17, 15) is 4.79 Å². The monoisotopic (exact) mass is 832 g/mol. The van der Waals surface area contributed by atoms with Crippen LogP contribution in [0, 0.1) is 0 Å². The minimum Gasteiger partial charge on any atom is -0.497 e. The first kappa shape index (κ1) is 40.7. The lowest BCUT2D eigenvalue weighted by atomic mass is 9.82. The first-order valence-electron chi connectivity index (χ1n) is 17.3. The van der Waals surface area contributed by atoms with E-state index in [1.165, 1.54) is 0 Å². The summed E-state index contributed by atoms with van der Waals surface area (Å²) in [7, 11) is 14.2. The molecule has 0 saturated heterocycles. The molecule has 6 rings (SSSR count). The molecule has 0 bridgehead atoms. The average molecular weight is 835 g/mol. The predicted octanol–water partition coefficient (Wildman–Crippen LogP) is 11.1. The van der Waals surface area contributed by atoms with Crippen molar-refractivity contribution < 1.29 is 28.5 Å². The van der Waals surface area contributed by atoms with Crippen LogP contribution in [-0.2, 0) is 10.3 Å². The lowest BCUT2D eigenvalue weighted by molar-refractivity contribution is 0.0300. The van der Waals surface area contributed by atoms with Crippen molar-refractivity contribution >= 4 is 74.9 Å². The van der Waals surface area contributed by atoms with Crippen molar-refractivity contribution in [2.75, 3.05) is 66.4 Å². The number of hydrogen-bond acceptors (Lipinski definition) is 8. The quantitative estimate of drug-likeness (QED) is 0.0699. The molecule has 56 heavy (non-hydrogen) atoms. The summed E-state index contributed by atoms with van der Waals surface area (Å²) < 4.78 is 29.6. The van der Waals surface area contributed by atoms with Crippen molar-refractivity contribution in [3.05, 3.63) is 151 Å². The van der Waals surface area contributed by atoms with Gasteiger partial charge in [-0.25, -0.2) is 4.79 Å². The maximum Gasteiger partial charge on any atom is 0.341 e. The summed E-state index contributed by atoms with van der Waals surface area (Å²) in [5.41, 5.74) is 4.57. The molecule has 0 unspecified atom stereocenters. The molecule has 0 amide bonds. The second-order valence-electron chi connectivity index (χ2n) is 13.3. The highest BCUT2D eigenvalue weighted by Gasteiger charge is 2.48. The van der Waals surface area contributed by atoms with E-state index < -0.39 is 11.6 Å². The van der Waals surface area contributed by atoms with E-state index in [0.29, 0.717) is 45.3 Å². The number of methoxy groups -OCH3 is 4. The van der Waals surface area contributed by atoms with Crippen molar-refractivity contribution in [3.8, 4) is 23.0 Å². The number of benzene rings is 5. The third-order valence-corrected chi connectivity index (χ3v) is 11.4. The molecular weight excluding hydrogens is 794 g/mol. The molecule has 12 heteroatoms. The smallest absolute Gasteiger partial charge is 0.341 e. The molecule has 0 atom stereocenters. The normalized spacial score (nSPS) is 15.2. The summed E-state index contributed by atoms with van der Waals surface area (Å²) in [6.45, 7) is 0. The number of nitrogens with zero attached hydrogens (tertiary/aromatic N) is 2. The number of halogens is 4. The first-order valence-corrected chi connectivity index (χ1v) is 18.8.